The molecule has 0 fully saturated rings. The van der Waals surface area contributed by atoms with E-state index < -0.39 is 38.0 Å². The fourth-order valence-electron chi connectivity index (χ4n) is 0.959. The second-order valence-electron chi connectivity index (χ2n) is 2.65. The van der Waals surface area contributed by atoms with Gasteiger partial charge in [0.15, 0.2) is 0 Å². The zero-order valence-electron chi connectivity index (χ0n) is 9.13. The normalized spacial score (nSPS) is 9.94. The van der Waals surface area contributed by atoms with Gasteiger partial charge in [0.2, 0.25) is 0 Å². The first-order valence-corrected chi connectivity index (χ1v) is 4.97. The molecule has 10 heteroatoms. The number of hydrogen-bond donors (Lipinski definition) is 2. The average molecular weight is 277 g/mol. The molecule has 82 valence electrons. The Morgan fingerprint density at radius 3 is 2.12 bits per heavy atom. The van der Waals surface area contributed by atoms with E-state index in [0.29, 0.717) is 12.1 Å². The zero-order chi connectivity index (χ0) is 11.8. The molecule has 0 aromatic heterocycles. The Bertz CT molecular complexity index is 529. The maximum atomic E-state index is 11.0. The van der Waals surface area contributed by atoms with Crippen molar-refractivity contribution in [2.24, 2.45) is 0 Å². The van der Waals surface area contributed by atoms with Crippen LogP contribution in [0.15, 0.2) is 17.0 Å². The summed E-state index contributed by atoms with van der Waals surface area (Å²) in [5.74, 6) is -2.83. The molecule has 1 rings (SSSR count). The van der Waals surface area contributed by atoms with Gasteiger partial charge >= 0.3 is 59.1 Å². The van der Waals surface area contributed by atoms with Gasteiger partial charge in [-0.2, -0.15) is 8.42 Å². The second kappa shape index (κ2) is 6.95. The zero-order valence-corrected chi connectivity index (χ0v) is 13.9. The van der Waals surface area contributed by atoms with Crippen molar-refractivity contribution < 1.29 is 87.1 Å². The molecule has 0 atom stereocenters. The summed E-state index contributed by atoms with van der Waals surface area (Å²) in [4.78, 5) is 9.55. The Labute approximate surface area is 141 Å². The first-order chi connectivity index (χ1) is 6.73. The minimum absolute atomic E-state index is 0. The third-order valence-corrected chi connectivity index (χ3v) is 2.52. The van der Waals surface area contributed by atoms with Crippen LogP contribution >= 0.6 is 0 Å². The fraction of sp³-hybridized carbons (Fsp3) is 0. The Balaban J connectivity index is 0. The van der Waals surface area contributed by atoms with Crippen LogP contribution in [-0.4, -0.2) is 18.9 Å². The molecule has 0 aliphatic rings. The van der Waals surface area contributed by atoms with Crippen LogP contribution in [0.2, 0.25) is 0 Å². The standard InChI is InChI=1S/C7H7NO6S.2Na/c8-4-2-5(9)3(7(10)11)1-6(4)15(12,13)14;;/h1-2,9H,8H2,(H,10,11)(H,12,13,14);;/q;2*+1/p-2. The number of carboxylic acid groups (broad SMARTS) is 1. The molecule has 17 heavy (non-hydrogen) atoms. The number of nitrogen functional groups attached to an aromatic ring is 1. The maximum absolute atomic E-state index is 11.0. The molecule has 1 aromatic carbocycles. The number of anilines is 1. The summed E-state index contributed by atoms with van der Waals surface area (Å²) >= 11 is 0. The Kier molecular flexibility index (Phi) is 7.99. The molecule has 0 saturated heterocycles. The SMILES string of the molecule is Nc1cc([O-])c(C(=O)[O-])cc1S(=O)(=O)O.[Na+].[Na+]. The molecule has 0 spiro atoms. The molecule has 0 amide bonds. The van der Waals surface area contributed by atoms with Crippen molar-refractivity contribution in [3.63, 3.8) is 0 Å². The van der Waals surface area contributed by atoms with Gasteiger partial charge in [0, 0.05) is 0 Å². The van der Waals surface area contributed by atoms with E-state index >= 15 is 0 Å². The number of aromatic carboxylic acids is 1. The van der Waals surface area contributed by atoms with Crippen LogP contribution in [0.5, 0.6) is 5.75 Å². The largest absolute Gasteiger partial charge is 1.00 e. The van der Waals surface area contributed by atoms with Gasteiger partial charge in [-0.05, 0) is 17.7 Å². The molecule has 0 aliphatic heterocycles. The van der Waals surface area contributed by atoms with E-state index in [0.717, 1.165) is 0 Å². The van der Waals surface area contributed by atoms with Gasteiger partial charge in [-0.3, -0.25) is 4.55 Å². The summed E-state index contributed by atoms with van der Waals surface area (Å²) in [7, 11) is -4.66. The second-order valence-corrected chi connectivity index (χ2v) is 4.04. The van der Waals surface area contributed by atoms with Gasteiger partial charge in [0.1, 0.15) is 4.90 Å². The quantitative estimate of drug-likeness (QED) is 0.310. The number of carbonyl (C=O) groups excluding carboxylic acids is 1. The summed E-state index contributed by atoms with van der Waals surface area (Å²) in [6.45, 7) is 0. The van der Waals surface area contributed by atoms with E-state index in [9.17, 15) is 23.4 Å². The number of carboxylic acids is 1. The van der Waals surface area contributed by atoms with Gasteiger partial charge < -0.3 is 20.7 Å². The molecule has 0 radical (unpaired) electrons. The number of carbonyl (C=O) groups is 1. The summed E-state index contributed by atoms with van der Waals surface area (Å²) in [6, 6.07) is 1.05. The third-order valence-electron chi connectivity index (χ3n) is 1.61. The Hall–Kier alpha value is 0.200. The van der Waals surface area contributed by atoms with Crippen molar-refractivity contribution in [3.8, 4) is 5.75 Å². The molecule has 0 bridgehead atoms. The predicted molar refractivity (Wildman–Crippen MR) is 44.4 cm³/mol. The molecular formula is C7H5NNa2O6S. The van der Waals surface area contributed by atoms with Crippen molar-refractivity contribution >= 4 is 21.8 Å². The van der Waals surface area contributed by atoms with E-state index in [1.54, 1.807) is 0 Å². The van der Waals surface area contributed by atoms with Gasteiger partial charge in [-0.1, -0.05) is 5.75 Å². The van der Waals surface area contributed by atoms with Crippen LogP contribution in [0.4, 0.5) is 5.69 Å². The van der Waals surface area contributed by atoms with E-state index in [1.807, 2.05) is 0 Å². The molecule has 0 unspecified atom stereocenters. The van der Waals surface area contributed by atoms with Crippen molar-refractivity contribution in [3.05, 3.63) is 17.7 Å². The first-order valence-electron chi connectivity index (χ1n) is 3.53. The Morgan fingerprint density at radius 1 is 1.29 bits per heavy atom. The summed E-state index contributed by atoms with van der Waals surface area (Å²) in [5, 5.41) is 21.4. The van der Waals surface area contributed by atoms with Crippen molar-refractivity contribution in [1.29, 1.82) is 0 Å². The monoisotopic (exact) mass is 277 g/mol. The molecule has 3 N–H and O–H groups in total. The number of hydrogen-bond acceptors (Lipinski definition) is 6. The fourth-order valence-corrected chi connectivity index (χ4v) is 1.58. The molecule has 7 nitrogen and oxygen atoms in total. The first kappa shape index (κ1) is 19.5. The Morgan fingerprint density at radius 2 is 1.76 bits per heavy atom. The van der Waals surface area contributed by atoms with Crippen molar-refractivity contribution in [1.82, 2.24) is 0 Å². The smallest absolute Gasteiger partial charge is 0.872 e. The number of nitrogens with two attached hydrogens (primary N) is 1. The van der Waals surface area contributed by atoms with Crippen LogP contribution in [0.3, 0.4) is 0 Å². The number of benzene rings is 1. The van der Waals surface area contributed by atoms with E-state index in [1.165, 1.54) is 0 Å². The topological polar surface area (TPSA) is 144 Å². The molecule has 0 heterocycles. The summed E-state index contributed by atoms with van der Waals surface area (Å²) in [6.07, 6.45) is 0. The summed E-state index contributed by atoms with van der Waals surface area (Å²) < 4.78 is 30.0. The third kappa shape index (κ3) is 4.76. The van der Waals surface area contributed by atoms with Crippen LogP contribution in [0.1, 0.15) is 10.4 Å². The minimum Gasteiger partial charge on any atom is -0.872 e. The molecule has 1 aromatic rings. The molecular weight excluding hydrogens is 272 g/mol. The van der Waals surface area contributed by atoms with E-state index in [2.05, 4.69) is 0 Å². The van der Waals surface area contributed by atoms with Crippen molar-refractivity contribution in [2.45, 2.75) is 4.90 Å². The predicted octanol–water partition coefficient (Wildman–Crippen LogP) is -8.04. The average Bonchev–Trinajstić information content (AvgIpc) is 2.00. The van der Waals surface area contributed by atoms with Crippen molar-refractivity contribution in [2.75, 3.05) is 5.73 Å². The van der Waals surface area contributed by atoms with Crippen LogP contribution < -0.4 is 75.1 Å². The van der Waals surface area contributed by atoms with Crippen LogP contribution in [-0.2, 0) is 10.1 Å². The molecule has 0 saturated carbocycles. The minimum atomic E-state index is -4.66. The van der Waals surface area contributed by atoms with Crippen LogP contribution in [0, 0.1) is 0 Å². The summed E-state index contributed by atoms with van der Waals surface area (Å²) in [5.41, 5.74) is 3.73. The van der Waals surface area contributed by atoms with Gasteiger partial charge in [0.05, 0.1) is 11.7 Å². The van der Waals surface area contributed by atoms with Gasteiger partial charge in [0.25, 0.3) is 10.1 Å². The molecule has 0 aliphatic carbocycles. The van der Waals surface area contributed by atoms with Gasteiger partial charge in [-0.25, -0.2) is 0 Å². The van der Waals surface area contributed by atoms with Crippen LogP contribution in [0.25, 0.3) is 0 Å². The number of rotatable bonds is 2. The van der Waals surface area contributed by atoms with E-state index in [-0.39, 0.29) is 59.1 Å². The van der Waals surface area contributed by atoms with Gasteiger partial charge in [-0.15, -0.1) is 0 Å². The van der Waals surface area contributed by atoms with E-state index in [4.69, 9.17) is 10.3 Å². The maximum Gasteiger partial charge on any atom is 1.00 e.